The quantitative estimate of drug-likeness (QED) is 0.496. The molecule has 5 rings (SSSR count). The third kappa shape index (κ3) is 3.45. The van der Waals surface area contributed by atoms with E-state index in [0.717, 1.165) is 41.0 Å². The first-order valence-electron chi connectivity index (χ1n) is 10.3. The van der Waals surface area contributed by atoms with Gasteiger partial charge in [0.05, 0.1) is 22.3 Å². The van der Waals surface area contributed by atoms with Crippen molar-refractivity contribution in [2.45, 2.75) is 13.6 Å². The van der Waals surface area contributed by atoms with Crippen molar-refractivity contribution in [1.29, 1.82) is 0 Å². The highest BCUT2D eigenvalue weighted by Gasteiger charge is 2.30. The lowest BCUT2D eigenvalue weighted by atomic mass is 9.94. The maximum atomic E-state index is 14.2. The van der Waals surface area contributed by atoms with Gasteiger partial charge in [-0.05, 0) is 42.8 Å². The predicted octanol–water partition coefficient (Wildman–Crippen LogP) is 4.60. The molecule has 0 unspecified atom stereocenters. The number of rotatable bonds is 5. The first-order chi connectivity index (χ1) is 15.1. The number of aromatic amines is 1. The van der Waals surface area contributed by atoms with Crippen LogP contribution in [0.25, 0.3) is 33.5 Å². The zero-order chi connectivity index (χ0) is 21.5. The number of nitrogens with one attached hydrogen (secondary N) is 1. The molecule has 31 heavy (non-hydrogen) atoms. The number of H-pyrrole nitrogens is 1. The van der Waals surface area contributed by atoms with Gasteiger partial charge in [0.25, 0.3) is 0 Å². The summed E-state index contributed by atoms with van der Waals surface area (Å²) in [5.41, 5.74) is 12.0. The van der Waals surface area contributed by atoms with Crippen molar-refractivity contribution >= 4 is 16.7 Å². The number of nitrogens with zero attached hydrogens (tertiary/aromatic N) is 3. The topological polar surface area (TPSA) is 70.8 Å². The predicted molar refractivity (Wildman–Crippen MR) is 119 cm³/mol. The second-order valence-corrected chi connectivity index (χ2v) is 8.14. The normalized spacial score (nSPS) is 14.3. The number of aromatic nitrogens is 3. The number of hydrogen-bond acceptors (Lipinski definition) is 4. The molecule has 3 heterocycles. The Morgan fingerprint density at radius 2 is 1.97 bits per heavy atom. The van der Waals surface area contributed by atoms with Gasteiger partial charge in [-0.15, -0.1) is 0 Å². The van der Waals surface area contributed by atoms with E-state index in [2.05, 4.69) is 14.9 Å². The highest BCUT2D eigenvalue weighted by atomic mass is 19.1. The number of aryl methyl sites for hydroxylation is 1. The number of hydrogen-bond donors (Lipinski definition) is 2. The van der Waals surface area contributed by atoms with Crippen LogP contribution < -0.4 is 10.6 Å². The summed E-state index contributed by atoms with van der Waals surface area (Å²) in [7, 11) is 0. The summed E-state index contributed by atoms with van der Waals surface area (Å²) >= 11 is 0. The molecule has 0 atom stereocenters. The number of alkyl halides is 1. The Bertz CT molecular complexity index is 1240. The molecule has 2 aromatic heterocycles. The molecule has 1 aliphatic heterocycles. The van der Waals surface area contributed by atoms with E-state index in [4.69, 9.17) is 10.7 Å². The molecule has 2 aromatic carbocycles. The summed E-state index contributed by atoms with van der Waals surface area (Å²) in [6.07, 6.45) is 3.52. The number of benzene rings is 2. The number of nitrogens with two attached hydrogens (primary N) is 1. The Balaban J connectivity index is 1.71. The molecule has 0 aliphatic carbocycles. The Morgan fingerprint density at radius 3 is 2.71 bits per heavy atom. The maximum Gasteiger partial charge on any atom is 0.142 e. The van der Waals surface area contributed by atoms with Crippen molar-refractivity contribution in [3.63, 3.8) is 0 Å². The lowest BCUT2D eigenvalue weighted by molar-refractivity contribution is 0.421. The molecule has 4 aromatic rings. The summed E-state index contributed by atoms with van der Waals surface area (Å²) < 4.78 is 27.7. The van der Waals surface area contributed by atoms with Crippen LogP contribution in [0.5, 0.6) is 0 Å². The third-order valence-electron chi connectivity index (χ3n) is 5.88. The van der Waals surface area contributed by atoms with Crippen LogP contribution in [0.1, 0.15) is 11.1 Å². The fourth-order valence-corrected chi connectivity index (χ4v) is 4.30. The van der Waals surface area contributed by atoms with E-state index in [1.165, 1.54) is 12.1 Å². The molecule has 1 saturated heterocycles. The van der Waals surface area contributed by atoms with Gasteiger partial charge in [0.15, 0.2) is 0 Å². The van der Waals surface area contributed by atoms with Crippen LogP contribution in [0, 0.1) is 18.7 Å². The number of para-hydroxylation sites is 1. The van der Waals surface area contributed by atoms with E-state index < -0.39 is 6.67 Å². The van der Waals surface area contributed by atoms with Crippen molar-refractivity contribution in [1.82, 2.24) is 15.0 Å². The second kappa shape index (κ2) is 7.74. The maximum absolute atomic E-state index is 14.2. The molecule has 1 fully saturated rings. The van der Waals surface area contributed by atoms with Gasteiger partial charge < -0.3 is 15.6 Å². The SMILES string of the molecule is Cc1cc(F)cc(-c2cncc(-c3nc4cccc(CF)c4[nH]3)c2N2CC(CN)C2)c1. The molecule has 3 N–H and O–H groups in total. The van der Waals surface area contributed by atoms with Crippen molar-refractivity contribution in [2.75, 3.05) is 24.5 Å². The summed E-state index contributed by atoms with van der Waals surface area (Å²) in [5.74, 6) is 0.743. The standard InChI is InChI=1S/C24H23F2N5/c1-14-5-17(7-18(26)6-14)19-10-28-11-20(23(19)31-12-15(9-27)13-31)24-29-21-4-2-3-16(8-25)22(21)30-24/h2-7,10-11,15H,8-9,12-13,27H2,1H3,(H,29,30). The minimum absolute atomic E-state index is 0.286. The molecule has 0 radical (unpaired) electrons. The Kier molecular flexibility index (Phi) is 4.90. The summed E-state index contributed by atoms with van der Waals surface area (Å²) in [4.78, 5) is 14.7. The fourth-order valence-electron chi connectivity index (χ4n) is 4.30. The van der Waals surface area contributed by atoms with Crippen LogP contribution in [-0.2, 0) is 6.67 Å². The van der Waals surface area contributed by atoms with Gasteiger partial charge in [-0.25, -0.2) is 13.8 Å². The first-order valence-corrected chi connectivity index (χ1v) is 10.3. The molecule has 5 nitrogen and oxygen atoms in total. The minimum Gasteiger partial charge on any atom is -0.370 e. The number of pyridine rings is 1. The third-order valence-corrected chi connectivity index (χ3v) is 5.88. The van der Waals surface area contributed by atoms with Gasteiger partial charge in [-0.3, -0.25) is 4.98 Å². The molecule has 0 spiro atoms. The summed E-state index contributed by atoms with van der Waals surface area (Å²) in [5, 5.41) is 0. The van der Waals surface area contributed by atoms with Crippen molar-refractivity contribution in [2.24, 2.45) is 11.7 Å². The van der Waals surface area contributed by atoms with E-state index in [1.807, 2.05) is 19.1 Å². The van der Waals surface area contributed by atoms with Gasteiger partial charge in [0.1, 0.15) is 18.3 Å². The molecule has 0 amide bonds. The fraction of sp³-hybridized carbons (Fsp3) is 0.250. The zero-order valence-corrected chi connectivity index (χ0v) is 17.2. The Hall–Kier alpha value is -3.32. The molecule has 0 bridgehead atoms. The van der Waals surface area contributed by atoms with Crippen LogP contribution in [0.4, 0.5) is 14.5 Å². The van der Waals surface area contributed by atoms with E-state index >= 15 is 0 Å². The second-order valence-electron chi connectivity index (χ2n) is 8.14. The molecule has 0 saturated carbocycles. The monoisotopic (exact) mass is 419 g/mol. The van der Waals surface area contributed by atoms with Gasteiger partial charge in [0, 0.05) is 42.5 Å². The van der Waals surface area contributed by atoms with Crippen LogP contribution in [-0.4, -0.2) is 34.6 Å². The van der Waals surface area contributed by atoms with Gasteiger partial charge >= 0.3 is 0 Å². The van der Waals surface area contributed by atoms with E-state index in [0.29, 0.717) is 34.9 Å². The zero-order valence-electron chi connectivity index (χ0n) is 17.2. The van der Waals surface area contributed by atoms with Crippen LogP contribution >= 0.6 is 0 Å². The van der Waals surface area contributed by atoms with Crippen LogP contribution in [0.3, 0.4) is 0 Å². The van der Waals surface area contributed by atoms with Gasteiger partial charge in [-0.2, -0.15) is 0 Å². The Morgan fingerprint density at radius 1 is 1.16 bits per heavy atom. The van der Waals surface area contributed by atoms with Gasteiger partial charge in [-0.1, -0.05) is 18.2 Å². The largest absolute Gasteiger partial charge is 0.370 e. The minimum atomic E-state index is -0.572. The van der Waals surface area contributed by atoms with Gasteiger partial charge in [0.2, 0.25) is 0 Å². The average molecular weight is 419 g/mol. The molecular formula is C24H23F2N5. The molecular weight excluding hydrogens is 396 g/mol. The smallest absolute Gasteiger partial charge is 0.142 e. The highest BCUT2D eigenvalue weighted by molar-refractivity contribution is 5.92. The first kappa shape index (κ1) is 19.6. The van der Waals surface area contributed by atoms with E-state index in [9.17, 15) is 8.78 Å². The van der Waals surface area contributed by atoms with Crippen LogP contribution in [0.2, 0.25) is 0 Å². The summed E-state index contributed by atoms with van der Waals surface area (Å²) in [6, 6.07) is 10.4. The van der Waals surface area contributed by atoms with E-state index in [1.54, 1.807) is 24.5 Å². The highest BCUT2D eigenvalue weighted by Crippen LogP contribution is 2.41. The lowest BCUT2D eigenvalue weighted by Gasteiger charge is -2.42. The van der Waals surface area contributed by atoms with Crippen LogP contribution in [0.15, 0.2) is 48.8 Å². The Labute approximate surface area is 178 Å². The molecule has 1 aliphatic rings. The number of anilines is 1. The van der Waals surface area contributed by atoms with E-state index in [-0.39, 0.29) is 5.82 Å². The van der Waals surface area contributed by atoms with Crippen molar-refractivity contribution in [3.05, 3.63) is 65.7 Å². The van der Waals surface area contributed by atoms with Crippen molar-refractivity contribution in [3.8, 4) is 22.5 Å². The average Bonchev–Trinajstić information content (AvgIpc) is 3.16. The number of fused-ring (bicyclic) bond motifs is 1. The summed E-state index contributed by atoms with van der Waals surface area (Å²) in [6.45, 7) is 3.54. The molecule has 7 heteroatoms. The lowest BCUT2D eigenvalue weighted by Crippen LogP contribution is -2.50. The molecule has 158 valence electrons. The number of halogens is 2. The van der Waals surface area contributed by atoms with Crippen molar-refractivity contribution < 1.29 is 8.78 Å². The number of imidazole rings is 1.